The summed E-state index contributed by atoms with van der Waals surface area (Å²) in [6.07, 6.45) is 0. The van der Waals surface area contributed by atoms with Gasteiger partial charge in [0, 0.05) is 33.3 Å². The van der Waals surface area contributed by atoms with Gasteiger partial charge >= 0.3 is 0 Å². The standard InChI is InChI=1S/C14H22N2O6S2/c1-21-11-12-23(17,18)15-7-9-16(10-8-15)24(19,20)14-5-3-13(22-2)4-6-14/h3-6H,7-12H2,1-2H3. The van der Waals surface area contributed by atoms with E-state index in [1.54, 1.807) is 12.1 Å². The second-order valence-corrected chi connectivity index (χ2v) is 9.31. The summed E-state index contributed by atoms with van der Waals surface area (Å²) in [7, 11) is -4.11. The Kier molecular flexibility index (Phi) is 6.21. The van der Waals surface area contributed by atoms with Crippen molar-refractivity contribution >= 4 is 20.0 Å². The molecule has 0 spiro atoms. The molecule has 0 N–H and O–H groups in total. The van der Waals surface area contributed by atoms with E-state index < -0.39 is 20.0 Å². The molecule has 1 aliphatic rings. The molecule has 10 heteroatoms. The van der Waals surface area contributed by atoms with Crippen molar-refractivity contribution in [2.24, 2.45) is 0 Å². The smallest absolute Gasteiger partial charge is 0.243 e. The zero-order valence-corrected chi connectivity index (χ0v) is 15.3. The van der Waals surface area contributed by atoms with Crippen LogP contribution in [0.5, 0.6) is 5.75 Å². The van der Waals surface area contributed by atoms with Crippen LogP contribution >= 0.6 is 0 Å². The molecule has 0 atom stereocenters. The Morgan fingerprint density at radius 2 is 1.46 bits per heavy atom. The highest BCUT2D eigenvalue weighted by atomic mass is 32.2. The van der Waals surface area contributed by atoms with Gasteiger partial charge in [-0.1, -0.05) is 0 Å². The van der Waals surface area contributed by atoms with Crippen LogP contribution in [0.25, 0.3) is 0 Å². The monoisotopic (exact) mass is 378 g/mol. The van der Waals surface area contributed by atoms with Gasteiger partial charge in [-0.25, -0.2) is 16.8 Å². The van der Waals surface area contributed by atoms with Crippen LogP contribution in [-0.4, -0.2) is 78.2 Å². The van der Waals surface area contributed by atoms with E-state index in [1.165, 1.54) is 35.0 Å². The molecule has 1 aliphatic heterocycles. The molecule has 8 nitrogen and oxygen atoms in total. The number of piperazine rings is 1. The topological polar surface area (TPSA) is 93.2 Å². The van der Waals surface area contributed by atoms with Crippen LogP contribution in [0.3, 0.4) is 0 Å². The fraction of sp³-hybridized carbons (Fsp3) is 0.571. The molecule has 0 aromatic heterocycles. The summed E-state index contributed by atoms with van der Waals surface area (Å²) >= 11 is 0. The van der Waals surface area contributed by atoms with Crippen molar-refractivity contribution in [3.8, 4) is 5.75 Å². The third-order valence-corrected chi connectivity index (χ3v) is 7.58. The number of hydrogen-bond donors (Lipinski definition) is 0. The van der Waals surface area contributed by atoms with Crippen molar-refractivity contribution in [2.75, 3.05) is 52.8 Å². The van der Waals surface area contributed by atoms with Gasteiger partial charge in [-0.15, -0.1) is 0 Å². The molecule has 0 saturated carbocycles. The number of sulfonamides is 2. The number of ether oxygens (including phenoxy) is 2. The maximum atomic E-state index is 12.6. The summed E-state index contributed by atoms with van der Waals surface area (Å²) in [5.41, 5.74) is 0. The number of hydrogen-bond acceptors (Lipinski definition) is 6. The molecule has 0 amide bonds. The highest BCUT2D eigenvalue weighted by Gasteiger charge is 2.32. The SMILES string of the molecule is COCCS(=O)(=O)N1CCN(S(=O)(=O)c2ccc(OC)cc2)CC1. The van der Waals surface area contributed by atoms with Crippen LogP contribution in [0, 0.1) is 0 Å². The minimum atomic E-state index is -3.64. The lowest BCUT2D eigenvalue weighted by atomic mass is 10.3. The predicted molar refractivity (Wildman–Crippen MR) is 89.0 cm³/mol. The van der Waals surface area contributed by atoms with Crippen LogP contribution in [-0.2, 0) is 24.8 Å². The second-order valence-electron chi connectivity index (χ2n) is 5.29. The fourth-order valence-corrected chi connectivity index (χ4v) is 5.18. The maximum Gasteiger partial charge on any atom is 0.243 e. The first-order valence-corrected chi connectivity index (χ1v) is 10.5. The zero-order chi connectivity index (χ0) is 17.8. The van der Waals surface area contributed by atoms with Gasteiger partial charge in [0.05, 0.1) is 24.4 Å². The second kappa shape index (κ2) is 7.79. The third-order valence-electron chi connectivity index (χ3n) is 3.83. The van der Waals surface area contributed by atoms with Gasteiger partial charge in [-0.2, -0.15) is 8.61 Å². The summed E-state index contributed by atoms with van der Waals surface area (Å²) in [5.74, 6) is 0.470. The predicted octanol–water partition coefficient (Wildman–Crippen LogP) is -0.0223. The molecular formula is C14H22N2O6S2. The first-order chi connectivity index (χ1) is 11.3. The first-order valence-electron chi connectivity index (χ1n) is 7.42. The van der Waals surface area contributed by atoms with E-state index in [-0.39, 0.29) is 43.4 Å². The van der Waals surface area contributed by atoms with E-state index >= 15 is 0 Å². The van der Waals surface area contributed by atoms with Crippen molar-refractivity contribution in [1.82, 2.24) is 8.61 Å². The van der Waals surface area contributed by atoms with Crippen molar-refractivity contribution in [3.63, 3.8) is 0 Å². The molecule has 1 saturated heterocycles. The zero-order valence-electron chi connectivity index (χ0n) is 13.7. The summed E-state index contributed by atoms with van der Waals surface area (Å²) < 4.78 is 61.9. The molecule has 0 radical (unpaired) electrons. The average molecular weight is 378 g/mol. The molecule has 1 aromatic rings. The number of rotatable bonds is 7. The quantitative estimate of drug-likeness (QED) is 0.662. The first kappa shape index (κ1) is 19.1. The summed E-state index contributed by atoms with van der Waals surface area (Å²) in [4.78, 5) is 0.166. The number of nitrogens with zero attached hydrogens (tertiary/aromatic N) is 2. The lowest BCUT2D eigenvalue weighted by Gasteiger charge is -2.33. The van der Waals surface area contributed by atoms with E-state index in [0.29, 0.717) is 5.75 Å². The van der Waals surface area contributed by atoms with Gasteiger partial charge < -0.3 is 9.47 Å². The average Bonchev–Trinajstić information content (AvgIpc) is 2.60. The molecular weight excluding hydrogens is 356 g/mol. The molecule has 0 aliphatic carbocycles. The molecule has 1 fully saturated rings. The molecule has 0 unspecified atom stereocenters. The van der Waals surface area contributed by atoms with E-state index in [0.717, 1.165) is 0 Å². The molecule has 1 heterocycles. The van der Waals surface area contributed by atoms with Gasteiger partial charge in [-0.05, 0) is 24.3 Å². The van der Waals surface area contributed by atoms with Gasteiger partial charge in [0.15, 0.2) is 0 Å². The highest BCUT2D eigenvalue weighted by Crippen LogP contribution is 2.21. The van der Waals surface area contributed by atoms with Gasteiger partial charge in [0.1, 0.15) is 5.75 Å². The van der Waals surface area contributed by atoms with E-state index in [4.69, 9.17) is 9.47 Å². The Labute approximate surface area is 143 Å². The van der Waals surface area contributed by atoms with Crippen LogP contribution in [0.15, 0.2) is 29.2 Å². The van der Waals surface area contributed by atoms with Crippen LogP contribution < -0.4 is 4.74 Å². The highest BCUT2D eigenvalue weighted by molar-refractivity contribution is 7.89. The van der Waals surface area contributed by atoms with E-state index in [2.05, 4.69) is 0 Å². The summed E-state index contributed by atoms with van der Waals surface area (Å²) in [6, 6.07) is 6.13. The van der Waals surface area contributed by atoms with Gasteiger partial charge in [0.2, 0.25) is 20.0 Å². The van der Waals surface area contributed by atoms with Crippen LogP contribution in [0.2, 0.25) is 0 Å². The van der Waals surface area contributed by atoms with Crippen molar-refractivity contribution in [1.29, 1.82) is 0 Å². The Morgan fingerprint density at radius 3 is 1.96 bits per heavy atom. The number of methoxy groups -OCH3 is 2. The normalized spacial score (nSPS) is 17.8. The Balaban J connectivity index is 2.05. The summed E-state index contributed by atoms with van der Waals surface area (Å²) in [6.45, 7) is 0.650. The van der Waals surface area contributed by atoms with E-state index in [1.807, 2.05) is 0 Å². The fourth-order valence-electron chi connectivity index (χ4n) is 2.40. The van der Waals surface area contributed by atoms with Crippen molar-refractivity contribution < 1.29 is 26.3 Å². The lowest BCUT2D eigenvalue weighted by Crippen LogP contribution is -2.51. The Morgan fingerprint density at radius 1 is 0.917 bits per heavy atom. The van der Waals surface area contributed by atoms with Gasteiger partial charge in [0.25, 0.3) is 0 Å². The molecule has 136 valence electrons. The third kappa shape index (κ3) is 4.25. The minimum Gasteiger partial charge on any atom is -0.497 e. The maximum absolute atomic E-state index is 12.6. The Hall–Kier alpha value is -1.20. The molecule has 24 heavy (non-hydrogen) atoms. The van der Waals surface area contributed by atoms with Crippen LogP contribution in [0.4, 0.5) is 0 Å². The molecule has 0 bridgehead atoms. The Bertz CT molecular complexity index is 738. The minimum absolute atomic E-state index is 0.102. The number of benzene rings is 1. The van der Waals surface area contributed by atoms with Crippen molar-refractivity contribution in [3.05, 3.63) is 24.3 Å². The largest absolute Gasteiger partial charge is 0.497 e. The molecule has 2 rings (SSSR count). The summed E-state index contributed by atoms with van der Waals surface area (Å²) in [5, 5.41) is 0. The lowest BCUT2D eigenvalue weighted by molar-refractivity contribution is 0.213. The van der Waals surface area contributed by atoms with Crippen LogP contribution in [0.1, 0.15) is 0 Å². The van der Waals surface area contributed by atoms with Crippen molar-refractivity contribution in [2.45, 2.75) is 4.90 Å². The van der Waals surface area contributed by atoms with Gasteiger partial charge in [-0.3, -0.25) is 0 Å². The van der Waals surface area contributed by atoms with E-state index in [9.17, 15) is 16.8 Å². The molecule has 1 aromatic carbocycles.